The van der Waals surface area contributed by atoms with Gasteiger partial charge >= 0.3 is 6.09 Å². The molecular weight excluding hydrogens is 253 g/mol. The molecule has 1 rings (SSSR count). The van der Waals surface area contributed by atoms with E-state index in [-0.39, 0.29) is 22.3 Å². The molecule has 88 valence electrons. The van der Waals surface area contributed by atoms with E-state index in [4.69, 9.17) is 28.3 Å². The van der Waals surface area contributed by atoms with Crippen molar-refractivity contribution in [2.45, 2.75) is 13.0 Å². The monoisotopic (exact) mass is 263 g/mol. The van der Waals surface area contributed by atoms with Crippen LogP contribution in [0, 0.1) is 0 Å². The lowest BCUT2D eigenvalue weighted by atomic mass is 10.2. The van der Waals surface area contributed by atoms with Crippen molar-refractivity contribution in [1.29, 1.82) is 0 Å². The number of aliphatic hydroxyl groups is 1. The molecule has 0 aliphatic carbocycles. The van der Waals surface area contributed by atoms with Gasteiger partial charge in [-0.3, -0.25) is 4.90 Å². The predicted octanol–water partition coefficient (Wildman–Crippen LogP) is 2.86. The summed E-state index contributed by atoms with van der Waals surface area (Å²) in [4.78, 5) is 12.0. The van der Waals surface area contributed by atoms with Crippen LogP contribution in [-0.2, 0) is 0 Å². The smallest absolute Gasteiger partial charge is 0.411 e. The van der Waals surface area contributed by atoms with Gasteiger partial charge < -0.3 is 10.2 Å². The van der Waals surface area contributed by atoms with Crippen LogP contribution in [0.2, 0.25) is 10.0 Å². The number of carbonyl (C=O) groups is 1. The van der Waals surface area contributed by atoms with Crippen LogP contribution in [0.4, 0.5) is 10.5 Å². The molecule has 16 heavy (non-hydrogen) atoms. The summed E-state index contributed by atoms with van der Waals surface area (Å²) in [5.41, 5.74) is 0.194. The molecular formula is C10H11Cl2NO3. The minimum atomic E-state index is -1.21. The SMILES string of the molecule is CC(O)CN(C(=O)O)c1c(Cl)cccc1Cl. The largest absolute Gasteiger partial charge is 0.465 e. The fraction of sp³-hybridized carbons (Fsp3) is 0.300. The number of anilines is 1. The zero-order valence-electron chi connectivity index (χ0n) is 8.52. The van der Waals surface area contributed by atoms with E-state index in [2.05, 4.69) is 0 Å². The second-order valence-electron chi connectivity index (χ2n) is 3.31. The Kier molecular flexibility index (Phi) is 4.41. The van der Waals surface area contributed by atoms with Gasteiger partial charge in [-0.25, -0.2) is 4.79 Å². The molecule has 1 amide bonds. The molecule has 0 aliphatic rings. The number of nitrogens with zero attached hydrogens (tertiary/aromatic N) is 1. The van der Waals surface area contributed by atoms with Gasteiger partial charge in [0.2, 0.25) is 0 Å². The predicted molar refractivity (Wildman–Crippen MR) is 63.5 cm³/mol. The lowest BCUT2D eigenvalue weighted by Crippen LogP contribution is -2.35. The second kappa shape index (κ2) is 5.39. The Morgan fingerprint density at radius 1 is 1.44 bits per heavy atom. The molecule has 0 radical (unpaired) electrons. The van der Waals surface area contributed by atoms with Crippen LogP contribution in [-0.4, -0.2) is 29.0 Å². The van der Waals surface area contributed by atoms with Crippen molar-refractivity contribution in [1.82, 2.24) is 0 Å². The topological polar surface area (TPSA) is 60.8 Å². The van der Waals surface area contributed by atoms with Crippen molar-refractivity contribution in [3.8, 4) is 0 Å². The van der Waals surface area contributed by atoms with Crippen LogP contribution in [0.3, 0.4) is 0 Å². The van der Waals surface area contributed by atoms with Gasteiger partial charge in [-0.2, -0.15) is 0 Å². The summed E-state index contributed by atoms with van der Waals surface area (Å²) in [7, 11) is 0. The third-order valence-electron chi connectivity index (χ3n) is 1.89. The first-order valence-electron chi connectivity index (χ1n) is 4.56. The van der Waals surface area contributed by atoms with Crippen molar-refractivity contribution in [2.75, 3.05) is 11.4 Å². The van der Waals surface area contributed by atoms with E-state index in [9.17, 15) is 9.90 Å². The molecule has 0 aromatic heterocycles. The van der Waals surface area contributed by atoms with E-state index in [1.807, 2.05) is 0 Å². The third kappa shape index (κ3) is 3.01. The average molecular weight is 264 g/mol. The summed E-state index contributed by atoms with van der Waals surface area (Å²) in [5.74, 6) is 0. The minimum Gasteiger partial charge on any atom is -0.465 e. The highest BCUT2D eigenvalue weighted by molar-refractivity contribution is 6.39. The van der Waals surface area contributed by atoms with Crippen LogP contribution < -0.4 is 4.90 Å². The summed E-state index contributed by atoms with van der Waals surface area (Å²) in [6.45, 7) is 1.40. The van der Waals surface area contributed by atoms with Crippen molar-refractivity contribution in [3.05, 3.63) is 28.2 Å². The lowest BCUT2D eigenvalue weighted by Gasteiger charge is -2.22. The summed E-state index contributed by atoms with van der Waals surface area (Å²) in [5, 5.41) is 18.7. The van der Waals surface area contributed by atoms with Gasteiger partial charge in [-0.1, -0.05) is 29.3 Å². The molecule has 1 aromatic carbocycles. The fourth-order valence-corrected chi connectivity index (χ4v) is 1.88. The zero-order chi connectivity index (χ0) is 12.3. The van der Waals surface area contributed by atoms with Crippen LogP contribution in [0.1, 0.15) is 6.92 Å². The summed E-state index contributed by atoms with van der Waals surface area (Å²) < 4.78 is 0. The maximum absolute atomic E-state index is 11.0. The second-order valence-corrected chi connectivity index (χ2v) is 4.13. The number of benzene rings is 1. The first-order chi connectivity index (χ1) is 7.43. The van der Waals surface area contributed by atoms with E-state index in [1.165, 1.54) is 6.92 Å². The molecule has 0 heterocycles. The van der Waals surface area contributed by atoms with Crippen LogP contribution in [0.25, 0.3) is 0 Å². The average Bonchev–Trinajstić information content (AvgIpc) is 2.15. The van der Waals surface area contributed by atoms with Crippen molar-refractivity contribution in [3.63, 3.8) is 0 Å². The summed E-state index contributed by atoms with van der Waals surface area (Å²) >= 11 is 11.8. The van der Waals surface area contributed by atoms with Gasteiger partial charge in [-0.15, -0.1) is 0 Å². The van der Waals surface area contributed by atoms with Gasteiger partial charge in [0.15, 0.2) is 0 Å². The molecule has 0 bridgehead atoms. The Morgan fingerprint density at radius 3 is 2.31 bits per heavy atom. The third-order valence-corrected chi connectivity index (χ3v) is 2.50. The minimum absolute atomic E-state index is 0.0845. The van der Waals surface area contributed by atoms with E-state index in [1.54, 1.807) is 18.2 Å². The van der Waals surface area contributed by atoms with Gasteiger partial charge in [-0.05, 0) is 19.1 Å². The number of halogens is 2. The molecule has 0 fully saturated rings. The normalized spacial score (nSPS) is 12.2. The number of amides is 1. The number of hydrogen-bond donors (Lipinski definition) is 2. The molecule has 0 spiro atoms. The van der Waals surface area contributed by atoms with Crippen molar-refractivity contribution in [2.24, 2.45) is 0 Å². The number of hydrogen-bond acceptors (Lipinski definition) is 2. The van der Waals surface area contributed by atoms with E-state index >= 15 is 0 Å². The van der Waals surface area contributed by atoms with Crippen LogP contribution in [0.15, 0.2) is 18.2 Å². The number of rotatable bonds is 3. The molecule has 6 heteroatoms. The summed E-state index contributed by atoms with van der Waals surface area (Å²) in [6.07, 6.45) is -2.01. The number of para-hydroxylation sites is 1. The Labute approximate surface area is 103 Å². The molecule has 0 aliphatic heterocycles. The first-order valence-corrected chi connectivity index (χ1v) is 5.31. The standard InChI is InChI=1S/C10H11Cl2NO3/c1-6(14)5-13(10(15)16)9-7(11)3-2-4-8(9)12/h2-4,6,14H,5H2,1H3,(H,15,16). The van der Waals surface area contributed by atoms with E-state index in [0.29, 0.717) is 0 Å². The number of carboxylic acid groups (broad SMARTS) is 1. The first kappa shape index (κ1) is 13.1. The summed E-state index contributed by atoms with van der Waals surface area (Å²) in [6, 6.07) is 4.71. The van der Waals surface area contributed by atoms with Crippen molar-refractivity contribution < 1.29 is 15.0 Å². The maximum atomic E-state index is 11.0. The van der Waals surface area contributed by atoms with E-state index in [0.717, 1.165) is 4.90 Å². The Balaban J connectivity index is 3.15. The van der Waals surface area contributed by atoms with Crippen LogP contribution in [0.5, 0.6) is 0 Å². The quantitative estimate of drug-likeness (QED) is 0.882. The van der Waals surface area contributed by atoms with Gasteiger partial charge in [0.05, 0.1) is 28.4 Å². The van der Waals surface area contributed by atoms with E-state index < -0.39 is 12.2 Å². The van der Waals surface area contributed by atoms with Gasteiger partial charge in [0.25, 0.3) is 0 Å². The van der Waals surface area contributed by atoms with Crippen LogP contribution >= 0.6 is 23.2 Å². The number of aliphatic hydroxyl groups excluding tert-OH is 1. The molecule has 0 saturated carbocycles. The molecule has 1 atom stereocenters. The Bertz CT molecular complexity index is 375. The molecule has 1 unspecified atom stereocenters. The lowest BCUT2D eigenvalue weighted by molar-refractivity contribution is 0.180. The fourth-order valence-electron chi connectivity index (χ4n) is 1.28. The molecule has 0 saturated heterocycles. The van der Waals surface area contributed by atoms with Gasteiger partial charge in [0, 0.05) is 0 Å². The maximum Gasteiger partial charge on any atom is 0.411 e. The highest BCUT2D eigenvalue weighted by Gasteiger charge is 2.21. The highest BCUT2D eigenvalue weighted by atomic mass is 35.5. The Hall–Kier alpha value is -0.970. The van der Waals surface area contributed by atoms with Gasteiger partial charge in [0.1, 0.15) is 0 Å². The van der Waals surface area contributed by atoms with Crippen molar-refractivity contribution >= 4 is 35.0 Å². The molecule has 1 aromatic rings. The highest BCUT2D eigenvalue weighted by Crippen LogP contribution is 2.33. The molecule has 4 nitrogen and oxygen atoms in total. The molecule has 2 N–H and O–H groups in total. The zero-order valence-corrected chi connectivity index (χ0v) is 10.0. The Morgan fingerprint density at radius 2 is 1.94 bits per heavy atom.